The third-order valence-electron chi connectivity index (χ3n) is 3.57. The first kappa shape index (κ1) is 15.2. The van der Waals surface area contributed by atoms with Crippen LogP contribution in [0.1, 0.15) is 46.6 Å². The van der Waals surface area contributed by atoms with Gasteiger partial charge in [0, 0.05) is 18.8 Å². The summed E-state index contributed by atoms with van der Waals surface area (Å²) in [6.07, 6.45) is 6.46. The lowest BCUT2D eigenvalue weighted by Gasteiger charge is -2.26. The fourth-order valence-corrected chi connectivity index (χ4v) is 1.95. The fourth-order valence-electron chi connectivity index (χ4n) is 1.95. The minimum absolute atomic E-state index is 0.220. The zero-order valence-electron chi connectivity index (χ0n) is 12.8. The number of nitrogens with zero attached hydrogens (tertiary/aromatic N) is 2. The van der Waals surface area contributed by atoms with E-state index in [1.807, 2.05) is 17.9 Å². The van der Waals surface area contributed by atoms with Crippen molar-refractivity contribution in [2.75, 3.05) is 6.54 Å². The van der Waals surface area contributed by atoms with Crippen molar-refractivity contribution in [3.63, 3.8) is 0 Å². The number of aryl methyl sites for hydroxylation is 2. The van der Waals surface area contributed by atoms with Crippen LogP contribution in [0, 0.1) is 11.8 Å². The van der Waals surface area contributed by atoms with E-state index in [0.717, 1.165) is 18.9 Å². The van der Waals surface area contributed by atoms with Gasteiger partial charge in [-0.3, -0.25) is 4.68 Å². The minimum atomic E-state index is 0.220. The molecule has 2 atom stereocenters. The van der Waals surface area contributed by atoms with Crippen molar-refractivity contribution in [1.82, 2.24) is 15.1 Å². The van der Waals surface area contributed by atoms with Crippen molar-refractivity contribution in [2.45, 2.75) is 53.0 Å². The van der Waals surface area contributed by atoms with E-state index in [0.29, 0.717) is 5.92 Å². The molecule has 0 bridgehead atoms. The molecule has 3 heteroatoms. The van der Waals surface area contributed by atoms with E-state index >= 15 is 0 Å². The van der Waals surface area contributed by atoms with Gasteiger partial charge in [0.25, 0.3) is 0 Å². The molecule has 3 nitrogen and oxygen atoms in total. The van der Waals surface area contributed by atoms with Crippen molar-refractivity contribution in [2.24, 2.45) is 18.9 Å². The Kier molecular flexibility index (Phi) is 5.39. The van der Waals surface area contributed by atoms with Gasteiger partial charge in [0.2, 0.25) is 0 Å². The Morgan fingerprint density at radius 2 is 1.94 bits per heavy atom. The molecule has 0 aromatic carbocycles. The Morgan fingerprint density at radius 3 is 2.44 bits per heavy atom. The Hall–Kier alpha value is -0.830. The Balaban J connectivity index is 2.29. The zero-order chi connectivity index (χ0) is 13.8. The quantitative estimate of drug-likeness (QED) is 0.842. The molecule has 1 heterocycles. The molecular formula is C15H29N3. The van der Waals surface area contributed by atoms with Crippen LogP contribution in [0.5, 0.6) is 0 Å². The maximum absolute atomic E-state index is 4.21. The predicted molar refractivity (Wildman–Crippen MR) is 77.6 cm³/mol. The lowest BCUT2D eigenvalue weighted by Crippen LogP contribution is -2.39. The molecule has 0 saturated carbocycles. The van der Waals surface area contributed by atoms with Crippen molar-refractivity contribution >= 4 is 0 Å². The van der Waals surface area contributed by atoms with E-state index in [-0.39, 0.29) is 5.54 Å². The average Bonchev–Trinajstić information content (AvgIpc) is 2.67. The number of aromatic nitrogens is 2. The van der Waals surface area contributed by atoms with Crippen molar-refractivity contribution in [1.29, 1.82) is 0 Å². The van der Waals surface area contributed by atoms with Gasteiger partial charge in [-0.05, 0) is 57.6 Å². The first-order chi connectivity index (χ1) is 8.28. The van der Waals surface area contributed by atoms with Crippen molar-refractivity contribution < 1.29 is 0 Å². The summed E-state index contributed by atoms with van der Waals surface area (Å²) in [6.45, 7) is 12.5. The van der Waals surface area contributed by atoms with Gasteiger partial charge in [-0.2, -0.15) is 5.10 Å². The summed E-state index contributed by atoms with van der Waals surface area (Å²) < 4.78 is 1.88. The van der Waals surface area contributed by atoms with Crippen molar-refractivity contribution in [3.8, 4) is 0 Å². The molecule has 2 unspecified atom stereocenters. The molecule has 0 aliphatic carbocycles. The van der Waals surface area contributed by atoms with Crippen LogP contribution in [0.4, 0.5) is 0 Å². The van der Waals surface area contributed by atoms with Crippen LogP contribution in [-0.4, -0.2) is 21.9 Å². The molecular weight excluding hydrogens is 222 g/mol. The smallest absolute Gasteiger partial charge is 0.0521 e. The molecule has 0 radical (unpaired) electrons. The van der Waals surface area contributed by atoms with Crippen LogP contribution in [0.3, 0.4) is 0 Å². The molecule has 1 aromatic rings. The standard InChI is InChI=1S/C15H29N3/c1-12(13(2)9-16-15(3,4)5)7-8-14-10-17-18(6)11-14/h10-13,16H,7-9H2,1-6H3. The van der Waals surface area contributed by atoms with Crippen LogP contribution in [0.15, 0.2) is 12.4 Å². The summed E-state index contributed by atoms with van der Waals surface area (Å²) in [5.41, 5.74) is 1.57. The lowest BCUT2D eigenvalue weighted by molar-refractivity contribution is 0.307. The topological polar surface area (TPSA) is 29.9 Å². The third kappa shape index (κ3) is 5.67. The summed E-state index contributed by atoms with van der Waals surface area (Å²) in [7, 11) is 1.98. The molecule has 104 valence electrons. The highest BCUT2D eigenvalue weighted by Gasteiger charge is 2.16. The summed E-state index contributed by atoms with van der Waals surface area (Å²) in [6, 6.07) is 0. The van der Waals surface area contributed by atoms with Gasteiger partial charge in [0.05, 0.1) is 6.20 Å². The number of rotatable bonds is 6. The van der Waals surface area contributed by atoms with Crippen LogP contribution in [0.2, 0.25) is 0 Å². The third-order valence-corrected chi connectivity index (χ3v) is 3.57. The van der Waals surface area contributed by atoms with E-state index in [9.17, 15) is 0 Å². The molecule has 18 heavy (non-hydrogen) atoms. The molecule has 0 aliphatic rings. The number of hydrogen-bond acceptors (Lipinski definition) is 2. The Morgan fingerprint density at radius 1 is 1.28 bits per heavy atom. The summed E-state index contributed by atoms with van der Waals surface area (Å²) in [5.74, 6) is 1.45. The normalized spacial score (nSPS) is 15.7. The van der Waals surface area contributed by atoms with Gasteiger partial charge in [0.1, 0.15) is 0 Å². The molecule has 1 N–H and O–H groups in total. The molecule has 1 rings (SSSR count). The monoisotopic (exact) mass is 251 g/mol. The summed E-state index contributed by atoms with van der Waals surface area (Å²) >= 11 is 0. The van der Waals surface area contributed by atoms with Crippen molar-refractivity contribution in [3.05, 3.63) is 18.0 Å². The SMILES string of the molecule is CC(CCc1cnn(C)c1)C(C)CNC(C)(C)C. The first-order valence-electron chi connectivity index (χ1n) is 7.00. The first-order valence-corrected chi connectivity index (χ1v) is 7.00. The highest BCUT2D eigenvalue weighted by molar-refractivity contribution is 5.03. The van der Waals surface area contributed by atoms with E-state index < -0.39 is 0 Å². The van der Waals surface area contributed by atoms with Gasteiger partial charge in [-0.1, -0.05) is 13.8 Å². The maximum Gasteiger partial charge on any atom is 0.0521 e. The second-order valence-electron chi connectivity index (χ2n) is 6.65. The molecule has 1 aromatic heterocycles. The van der Waals surface area contributed by atoms with Crippen LogP contribution < -0.4 is 5.32 Å². The second kappa shape index (κ2) is 6.37. The molecule has 0 amide bonds. The van der Waals surface area contributed by atoms with Crippen LogP contribution in [-0.2, 0) is 13.5 Å². The fraction of sp³-hybridized carbons (Fsp3) is 0.800. The number of nitrogens with one attached hydrogen (secondary N) is 1. The second-order valence-corrected chi connectivity index (χ2v) is 6.65. The van der Waals surface area contributed by atoms with Gasteiger partial charge in [-0.15, -0.1) is 0 Å². The highest BCUT2D eigenvalue weighted by Crippen LogP contribution is 2.18. The zero-order valence-corrected chi connectivity index (χ0v) is 12.8. The van der Waals surface area contributed by atoms with Crippen LogP contribution in [0.25, 0.3) is 0 Å². The van der Waals surface area contributed by atoms with Gasteiger partial charge < -0.3 is 5.32 Å². The molecule has 0 fully saturated rings. The summed E-state index contributed by atoms with van der Waals surface area (Å²) in [5, 5.41) is 7.80. The van der Waals surface area contributed by atoms with E-state index in [2.05, 4.69) is 51.2 Å². The van der Waals surface area contributed by atoms with E-state index in [1.54, 1.807) is 0 Å². The van der Waals surface area contributed by atoms with Gasteiger partial charge >= 0.3 is 0 Å². The lowest BCUT2D eigenvalue weighted by atomic mass is 9.90. The summed E-state index contributed by atoms with van der Waals surface area (Å²) in [4.78, 5) is 0. The molecule has 0 saturated heterocycles. The Labute approximate surface area is 112 Å². The largest absolute Gasteiger partial charge is 0.312 e. The molecule has 0 aliphatic heterocycles. The minimum Gasteiger partial charge on any atom is -0.312 e. The van der Waals surface area contributed by atoms with E-state index in [1.165, 1.54) is 12.0 Å². The van der Waals surface area contributed by atoms with E-state index in [4.69, 9.17) is 0 Å². The van der Waals surface area contributed by atoms with Gasteiger partial charge in [-0.25, -0.2) is 0 Å². The predicted octanol–water partition coefficient (Wildman–Crippen LogP) is 3.01. The maximum atomic E-state index is 4.21. The van der Waals surface area contributed by atoms with Gasteiger partial charge in [0.15, 0.2) is 0 Å². The van der Waals surface area contributed by atoms with Crippen LogP contribution >= 0.6 is 0 Å². The number of hydrogen-bond donors (Lipinski definition) is 1. The molecule has 0 spiro atoms. The highest BCUT2D eigenvalue weighted by atomic mass is 15.2. The Bertz CT molecular complexity index is 349. The average molecular weight is 251 g/mol.